The van der Waals surface area contributed by atoms with Crippen molar-refractivity contribution in [1.82, 2.24) is 19.9 Å². The van der Waals surface area contributed by atoms with E-state index < -0.39 is 5.60 Å². The van der Waals surface area contributed by atoms with Crippen LogP contribution < -0.4 is 4.90 Å². The number of ether oxygens (including phenoxy) is 1. The van der Waals surface area contributed by atoms with Crippen molar-refractivity contribution >= 4 is 28.7 Å². The SMILES string of the molecule is Cc1cc(C2CCN(C(=O)N(c3nccc4cccc(C)c34)[C@@H]3CCCN(C(=O)OC(C)(C)C)C3)CC2)on1. The second kappa shape index (κ2) is 10.9. The molecular formula is C30H39N5O4. The summed E-state index contributed by atoms with van der Waals surface area (Å²) >= 11 is 0. The number of rotatable bonds is 3. The minimum absolute atomic E-state index is 0.0681. The van der Waals surface area contributed by atoms with Gasteiger partial charge in [-0.2, -0.15) is 0 Å². The van der Waals surface area contributed by atoms with Gasteiger partial charge in [0.1, 0.15) is 17.2 Å². The van der Waals surface area contributed by atoms with Crippen molar-refractivity contribution < 1.29 is 18.8 Å². The van der Waals surface area contributed by atoms with Crippen molar-refractivity contribution in [2.75, 3.05) is 31.1 Å². The molecule has 0 unspecified atom stereocenters. The van der Waals surface area contributed by atoms with Gasteiger partial charge in [0, 0.05) is 49.7 Å². The lowest BCUT2D eigenvalue weighted by Gasteiger charge is -2.42. The van der Waals surface area contributed by atoms with E-state index in [4.69, 9.17) is 14.2 Å². The van der Waals surface area contributed by atoms with E-state index in [1.165, 1.54) is 0 Å². The first-order valence-electron chi connectivity index (χ1n) is 13.9. The van der Waals surface area contributed by atoms with Gasteiger partial charge in [0.05, 0.1) is 11.7 Å². The summed E-state index contributed by atoms with van der Waals surface area (Å²) in [7, 11) is 0. The highest BCUT2D eigenvalue weighted by Crippen LogP contribution is 2.34. The number of benzene rings is 1. The van der Waals surface area contributed by atoms with Crippen molar-refractivity contribution in [3.05, 3.63) is 53.5 Å². The molecule has 1 aromatic carbocycles. The Labute approximate surface area is 230 Å². The molecule has 0 bridgehead atoms. The van der Waals surface area contributed by atoms with Gasteiger partial charge in [0.2, 0.25) is 0 Å². The zero-order valence-electron chi connectivity index (χ0n) is 23.6. The van der Waals surface area contributed by atoms with E-state index >= 15 is 0 Å². The molecule has 208 valence electrons. The number of aryl methyl sites for hydroxylation is 2. The molecule has 2 fully saturated rings. The number of likely N-dealkylation sites (tertiary alicyclic amines) is 2. The average Bonchev–Trinajstić information content (AvgIpc) is 3.34. The number of pyridine rings is 1. The van der Waals surface area contributed by atoms with Crippen LogP contribution in [0.25, 0.3) is 10.8 Å². The summed E-state index contributed by atoms with van der Waals surface area (Å²) in [5, 5.41) is 6.05. The summed E-state index contributed by atoms with van der Waals surface area (Å²) in [4.78, 5) is 37.6. The molecule has 0 spiro atoms. The quantitative estimate of drug-likeness (QED) is 0.407. The number of nitrogens with zero attached hydrogens (tertiary/aromatic N) is 5. The van der Waals surface area contributed by atoms with Gasteiger partial charge in [0.25, 0.3) is 0 Å². The van der Waals surface area contributed by atoms with Gasteiger partial charge in [-0.3, -0.25) is 4.90 Å². The highest BCUT2D eigenvalue weighted by molar-refractivity contribution is 6.03. The van der Waals surface area contributed by atoms with E-state index in [-0.39, 0.29) is 24.1 Å². The number of urea groups is 1. The Balaban J connectivity index is 1.44. The Morgan fingerprint density at radius 2 is 1.82 bits per heavy atom. The first-order valence-corrected chi connectivity index (χ1v) is 13.9. The van der Waals surface area contributed by atoms with Crippen molar-refractivity contribution in [2.24, 2.45) is 0 Å². The number of amides is 3. The predicted molar refractivity (Wildman–Crippen MR) is 150 cm³/mol. The summed E-state index contributed by atoms with van der Waals surface area (Å²) in [5.41, 5.74) is 1.35. The van der Waals surface area contributed by atoms with Gasteiger partial charge < -0.3 is 19.1 Å². The third kappa shape index (κ3) is 5.87. The van der Waals surface area contributed by atoms with Crippen molar-refractivity contribution in [2.45, 2.75) is 77.9 Å². The molecule has 2 aromatic heterocycles. The Kier molecular flexibility index (Phi) is 7.51. The number of carbonyl (C=O) groups is 2. The fourth-order valence-corrected chi connectivity index (χ4v) is 5.73. The lowest BCUT2D eigenvalue weighted by Crippen LogP contribution is -2.56. The van der Waals surface area contributed by atoms with Crippen LogP contribution in [0.15, 0.2) is 41.1 Å². The Morgan fingerprint density at radius 3 is 2.51 bits per heavy atom. The summed E-state index contributed by atoms with van der Waals surface area (Å²) in [6.45, 7) is 11.8. The highest BCUT2D eigenvalue weighted by atomic mass is 16.6. The smallest absolute Gasteiger partial charge is 0.410 e. The number of fused-ring (bicyclic) bond motifs is 1. The van der Waals surface area contributed by atoms with Crippen molar-refractivity contribution in [3.8, 4) is 0 Å². The summed E-state index contributed by atoms with van der Waals surface area (Å²) in [6.07, 6.45) is 4.61. The predicted octanol–water partition coefficient (Wildman–Crippen LogP) is 6.05. The maximum Gasteiger partial charge on any atom is 0.410 e. The molecule has 5 rings (SSSR count). The molecule has 3 amide bonds. The molecule has 9 nitrogen and oxygen atoms in total. The Morgan fingerprint density at radius 1 is 1.05 bits per heavy atom. The average molecular weight is 534 g/mol. The largest absolute Gasteiger partial charge is 0.444 e. The lowest BCUT2D eigenvalue weighted by molar-refractivity contribution is 0.0197. The van der Waals surface area contributed by atoms with Crippen LogP contribution in [-0.2, 0) is 4.74 Å². The highest BCUT2D eigenvalue weighted by Gasteiger charge is 2.38. The van der Waals surface area contributed by atoms with Crippen molar-refractivity contribution in [1.29, 1.82) is 0 Å². The number of hydrogen-bond acceptors (Lipinski definition) is 6. The van der Waals surface area contributed by atoms with E-state index in [1.807, 2.05) is 55.7 Å². The number of hydrogen-bond donors (Lipinski definition) is 0. The van der Waals surface area contributed by atoms with E-state index in [1.54, 1.807) is 11.1 Å². The molecule has 1 atom stereocenters. The maximum atomic E-state index is 14.3. The molecular weight excluding hydrogens is 494 g/mol. The van der Waals surface area contributed by atoms with Crippen LogP contribution in [0.1, 0.15) is 69.4 Å². The molecule has 2 saturated heterocycles. The molecule has 4 heterocycles. The van der Waals surface area contributed by atoms with Gasteiger partial charge in [0.15, 0.2) is 0 Å². The zero-order valence-corrected chi connectivity index (χ0v) is 23.6. The third-order valence-corrected chi connectivity index (χ3v) is 7.64. The fraction of sp³-hybridized carbons (Fsp3) is 0.533. The minimum atomic E-state index is -0.583. The van der Waals surface area contributed by atoms with Crippen LogP contribution in [0.2, 0.25) is 0 Å². The summed E-state index contributed by atoms with van der Waals surface area (Å²) < 4.78 is 11.2. The van der Waals surface area contributed by atoms with Gasteiger partial charge >= 0.3 is 12.1 Å². The first kappa shape index (κ1) is 27.0. The molecule has 0 saturated carbocycles. The van der Waals surface area contributed by atoms with E-state index in [0.717, 1.165) is 53.5 Å². The molecule has 9 heteroatoms. The summed E-state index contributed by atoms with van der Waals surface area (Å²) in [6, 6.07) is 9.81. The van der Waals surface area contributed by atoms with Crippen LogP contribution in [0.4, 0.5) is 15.4 Å². The number of carbonyl (C=O) groups excluding carboxylic acids is 2. The zero-order chi connectivity index (χ0) is 27.7. The van der Waals surface area contributed by atoms with Gasteiger partial charge in [-0.1, -0.05) is 23.4 Å². The molecule has 3 aromatic rings. The van der Waals surface area contributed by atoms with Gasteiger partial charge in [-0.25, -0.2) is 14.6 Å². The monoisotopic (exact) mass is 533 g/mol. The molecule has 0 aliphatic carbocycles. The van der Waals surface area contributed by atoms with Crippen LogP contribution in [0, 0.1) is 13.8 Å². The number of anilines is 1. The molecule has 0 N–H and O–H groups in total. The Bertz CT molecular complexity index is 1330. The summed E-state index contributed by atoms with van der Waals surface area (Å²) in [5.74, 6) is 1.79. The van der Waals surface area contributed by atoms with E-state index in [9.17, 15) is 9.59 Å². The van der Waals surface area contributed by atoms with Gasteiger partial charge in [-0.15, -0.1) is 0 Å². The van der Waals surface area contributed by atoms with Crippen LogP contribution in [0.3, 0.4) is 0 Å². The van der Waals surface area contributed by atoms with Crippen LogP contribution in [-0.4, -0.2) is 69.9 Å². The standard InChI is InChI=1S/C30H39N5O4/c1-20-8-6-9-23-11-14-31-27(26(20)23)35(24-10-7-15-34(19-24)29(37)38-30(3,4)5)28(36)33-16-12-22(13-17-33)25-18-21(2)32-39-25/h6,8-9,11,14,18,22,24H,7,10,12-13,15-17,19H2,1-5H3/t24-/m1/s1. The fourth-order valence-electron chi connectivity index (χ4n) is 5.73. The first-order chi connectivity index (χ1) is 18.6. The molecule has 2 aliphatic rings. The maximum absolute atomic E-state index is 14.3. The normalized spacial score (nSPS) is 18.8. The van der Waals surface area contributed by atoms with Gasteiger partial charge in [-0.05, 0) is 77.3 Å². The third-order valence-electron chi connectivity index (χ3n) is 7.64. The minimum Gasteiger partial charge on any atom is -0.444 e. The molecule has 0 radical (unpaired) electrons. The van der Waals surface area contributed by atoms with Crippen LogP contribution in [0.5, 0.6) is 0 Å². The van der Waals surface area contributed by atoms with Crippen molar-refractivity contribution in [3.63, 3.8) is 0 Å². The second-order valence-corrected chi connectivity index (χ2v) is 11.8. The Hall–Kier alpha value is -3.62. The van der Waals surface area contributed by atoms with E-state index in [0.29, 0.717) is 32.0 Å². The van der Waals surface area contributed by atoms with E-state index in [2.05, 4.69) is 24.2 Å². The topological polar surface area (TPSA) is 92.0 Å². The molecule has 2 aliphatic heterocycles. The second-order valence-electron chi connectivity index (χ2n) is 11.8. The lowest BCUT2D eigenvalue weighted by atomic mass is 9.94. The number of piperidine rings is 2. The van der Waals surface area contributed by atoms with Crippen LogP contribution >= 0.6 is 0 Å². The molecule has 39 heavy (non-hydrogen) atoms. The number of aromatic nitrogens is 2.